The molecule has 0 radical (unpaired) electrons. The fraction of sp³-hybridized carbons (Fsp3) is 1.00. The molecule has 1 fully saturated rings. The van der Waals surface area contributed by atoms with Crippen LogP contribution in [0.3, 0.4) is 0 Å². The van der Waals surface area contributed by atoms with E-state index in [2.05, 4.69) is 6.92 Å². The molecule has 4 unspecified atom stereocenters. The van der Waals surface area contributed by atoms with Gasteiger partial charge < -0.3 is 15.3 Å². The van der Waals surface area contributed by atoms with E-state index in [1.165, 1.54) is 6.42 Å². The number of rotatable bonds is 6. The Kier molecular flexibility index (Phi) is 7.33. The summed E-state index contributed by atoms with van der Waals surface area (Å²) in [6, 6.07) is 0. The van der Waals surface area contributed by atoms with Gasteiger partial charge in [-0.05, 0) is 26.2 Å². The van der Waals surface area contributed by atoms with Crippen LogP contribution in [0.15, 0.2) is 0 Å². The second-order valence-corrected chi connectivity index (χ2v) is 6.30. The van der Waals surface area contributed by atoms with Gasteiger partial charge in [-0.1, -0.05) is 51.9 Å². The maximum atomic E-state index is 11.0. The third kappa shape index (κ3) is 4.73. The highest BCUT2D eigenvalue weighted by Gasteiger charge is 2.44. The zero-order valence-corrected chi connectivity index (χ0v) is 12.6. The molecule has 4 atom stereocenters. The molecule has 0 aliphatic heterocycles. The van der Waals surface area contributed by atoms with Crippen molar-refractivity contribution in [2.24, 2.45) is 5.92 Å². The fourth-order valence-corrected chi connectivity index (χ4v) is 3.47. The maximum absolute atomic E-state index is 11.0. The largest absolute Gasteiger partial charge is 0.393 e. The quantitative estimate of drug-likeness (QED) is 0.651. The van der Waals surface area contributed by atoms with E-state index in [4.69, 9.17) is 0 Å². The maximum Gasteiger partial charge on any atom is 0.0957 e. The summed E-state index contributed by atoms with van der Waals surface area (Å²) in [5, 5.41) is 31.4. The highest BCUT2D eigenvalue weighted by molar-refractivity contribution is 4.95. The van der Waals surface area contributed by atoms with Crippen LogP contribution < -0.4 is 0 Å². The molecular weight excluding hydrogens is 240 g/mol. The van der Waals surface area contributed by atoms with E-state index in [0.717, 1.165) is 44.9 Å². The lowest BCUT2D eigenvalue weighted by molar-refractivity contribution is -0.152. The van der Waals surface area contributed by atoms with Gasteiger partial charge in [0.15, 0.2) is 0 Å². The van der Waals surface area contributed by atoms with Gasteiger partial charge in [-0.15, -0.1) is 0 Å². The van der Waals surface area contributed by atoms with E-state index in [9.17, 15) is 15.3 Å². The van der Waals surface area contributed by atoms with Gasteiger partial charge >= 0.3 is 0 Å². The Morgan fingerprint density at radius 2 is 1.79 bits per heavy atom. The zero-order valence-electron chi connectivity index (χ0n) is 12.6. The normalized spacial score (nSPS) is 32.4. The standard InChI is InChI=1S/C16H32O3/c1-3-4-7-11-15(18)16(19)12-9-6-5-8-10-14(16)13(2)17/h13-15,17-19H,3-12H2,1-2H3. The summed E-state index contributed by atoms with van der Waals surface area (Å²) in [4.78, 5) is 0. The Hall–Kier alpha value is -0.120. The monoisotopic (exact) mass is 272 g/mol. The average Bonchev–Trinajstić information content (AvgIpc) is 2.34. The van der Waals surface area contributed by atoms with Gasteiger partial charge in [0, 0.05) is 5.92 Å². The number of aliphatic hydroxyl groups excluding tert-OH is 2. The second-order valence-electron chi connectivity index (χ2n) is 6.30. The van der Waals surface area contributed by atoms with E-state index in [1.807, 2.05) is 0 Å². The number of aliphatic hydroxyl groups is 3. The molecule has 1 aliphatic carbocycles. The summed E-state index contributed by atoms with van der Waals surface area (Å²) in [5.41, 5.74) is -1.09. The highest BCUT2D eigenvalue weighted by atomic mass is 16.3. The molecule has 0 aromatic carbocycles. The van der Waals surface area contributed by atoms with Crippen LogP contribution in [0.4, 0.5) is 0 Å². The van der Waals surface area contributed by atoms with E-state index in [1.54, 1.807) is 6.92 Å². The van der Waals surface area contributed by atoms with Gasteiger partial charge in [0.05, 0.1) is 17.8 Å². The van der Waals surface area contributed by atoms with Crippen LogP contribution in [0.2, 0.25) is 0 Å². The minimum Gasteiger partial charge on any atom is -0.393 e. The van der Waals surface area contributed by atoms with Crippen molar-refractivity contribution in [3.05, 3.63) is 0 Å². The topological polar surface area (TPSA) is 60.7 Å². The summed E-state index contributed by atoms with van der Waals surface area (Å²) < 4.78 is 0. The summed E-state index contributed by atoms with van der Waals surface area (Å²) in [7, 11) is 0. The van der Waals surface area contributed by atoms with Crippen LogP contribution >= 0.6 is 0 Å². The molecule has 0 saturated heterocycles. The van der Waals surface area contributed by atoms with Crippen molar-refractivity contribution >= 4 is 0 Å². The van der Waals surface area contributed by atoms with Crippen LogP contribution in [0.5, 0.6) is 0 Å². The van der Waals surface area contributed by atoms with Crippen molar-refractivity contribution in [1.29, 1.82) is 0 Å². The molecule has 1 aliphatic rings. The van der Waals surface area contributed by atoms with Crippen molar-refractivity contribution in [2.45, 2.75) is 95.9 Å². The minimum atomic E-state index is -1.09. The van der Waals surface area contributed by atoms with Crippen LogP contribution in [-0.4, -0.2) is 33.1 Å². The third-order valence-electron chi connectivity index (χ3n) is 4.72. The molecule has 0 aromatic heterocycles. The molecule has 3 N–H and O–H groups in total. The Morgan fingerprint density at radius 1 is 1.11 bits per heavy atom. The minimum absolute atomic E-state index is 0.190. The summed E-state index contributed by atoms with van der Waals surface area (Å²) in [5.74, 6) is -0.190. The SMILES string of the molecule is CCCCCC(O)C1(O)CCCCCCC1C(C)O. The van der Waals surface area contributed by atoms with Crippen molar-refractivity contribution in [3.8, 4) is 0 Å². The van der Waals surface area contributed by atoms with E-state index in [0.29, 0.717) is 12.8 Å². The van der Waals surface area contributed by atoms with Crippen LogP contribution in [-0.2, 0) is 0 Å². The first-order valence-corrected chi connectivity index (χ1v) is 8.11. The van der Waals surface area contributed by atoms with Gasteiger partial charge in [-0.3, -0.25) is 0 Å². The van der Waals surface area contributed by atoms with Crippen molar-refractivity contribution in [2.75, 3.05) is 0 Å². The van der Waals surface area contributed by atoms with Gasteiger partial charge in [-0.2, -0.15) is 0 Å². The Balaban J connectivity index is 2.72. The lowest BCUT2D eigenvalue weighted by atomic mass is 9.71. The molecule has 1 rings (SSSR count). The fourth-order valence-electron chi connectivity index (χ4n) is 3.47. The third-order valence-corrected chi connectivity index (χ3v) is 4.72. The average molecular weight is 272 g/mol. The molecule has 0 aromatic rings. The molecule has 0 bridgehead atoms. The first-order chi connectivity index (χ1) is 9.02. The van der Waals surface area contributed by atoms with Crippen LogP contribution in [0.1, 0.15) is 78.1 Å². The molecule has 0 spiro atoms. The first kappa shape index (κ1) is 16.9. The van der Waals surface area contributed by atoms with Gasteiger partial charge in [0.1, 0.15) is 0 Å². The lowest BCUT2D eigenvalue weighted by Gasteiger charge is -2.43. The number of unbranched alkanes of at least 4 members (excludes halogenated alkanes) is 2. The van der Waals surface area contributed by atoms with Crippen LogP contribution in [0.25, 0.3) is 0 Å². The lowest BCUT2D eigenvalue weighted by Crippen LogP contribution is -2.52. The van der Waals surface area contributed by atoms with E-state index >= 15 is 0 Å². The molecule has 3 heteroatoms. The molecular formula is C16H32O3. The molecule has 1 saturated carbocycles. The number of hydrogen-bond acceptors (Lipinski definition) is 3. The molecule has 114 valence electrons. The van der Waals surface area contributed by atoms with Crippen molar-refractivity contribution < 1.29 is 15.3 Å². The van der Waals surface area contributed by atoms with Gasteiger partial charge in [0.25, 0.3) is 0 Å². The first-order valence-electron chi connectivity index (χ1n) is 8.11. The summed E-state index contributed by atoms with van der Waals surface area (Å²) >= 11 is 0. The Labute approximate surface area is 118 Å². The Bertz CT molecular complexity index is 242. The summed E-state index contributed by atoms with van der Waals surface area (Å²) in [6.07, 6.45) is 8.28. The van der Waals surface area contributed by atoms with Gasteiger partial charge in [-0.25, -0.2) is 0 Å². The van der Waals surface area contributed by atoms with E-state index in [-0.39, 0.29) is 5.92 Å². The predicted octanol–water partition coefficient (Wildman–Crippen LogP) is 3.01. The van der Waals surface area contributed by atoms with E-state index < -0.39 is 17.8 Å². The van der Waals surface area contributed by atoms with Crippen molar-refractivity contribution in [3.63, 3.8) is 0 Å². The van der Waals surface area contributed by atoms with Crippen molar-refractivity contribution in [1.82, 2.24) is 0 Å². The Morgan fingerprint density at radius 3 is 2.42 bits per heavy atom. The molecule has 3 nitrogen and oxygen atoms in total. The summed E-state index contributed by atoms with van der Waals surface area (Å²) in [6.45, 7) is 3.88. The zero-order chi connectivity index (χ0) is 14.3. The number of hydrogen-bond donors (Lipinski definition) is 3. The van der Waals surface area contributed by atoms with Crippen LogP contribution in [0, 0.1) is 5.92 Å². The molecule has 0 heterocycles. The molecule has 0 amide bonds. The predicted molar refractivity (Wildman–Crippen MR) is 78.0 cm³/mol. The van der Waals surface area contributed by atoms with Gasteiger partial charge in [0.2, 0.25) is 0 Å². The second kappa shape index (κ2) is 8.23. The smallest absolute Gasteiger partial charge is 0.0957 e. The molecule has 19 heavy (non-hydrogen) atoms. The highest BCUT2D eigenvalue weighted by Crippen LogP contribution is 2.37.